The van der Waals surface area contributed by atoms with Gasteiger partial charge >= 0.3 is 0 Å². The largest absolute Gasteiger partial charge is 0.306 e. The molecular weight excluding hydrogens is 257 g/mol. The Morgan fingerprint density at radius 2 is 2.25 bits per heavy atom. The summed E-state index contributed by atoms with van der Waals surface area (Å²) in [5, 5.41) is 0.0879. The molecule has 1 atom stereocenters. The van der Waals surface area contributed by atoms with E-state index in [-0.39, 0.29) is 16.4 Å². The summed E-state index contributed by atoms with van der Waals surface area (Å²) >= 11 is 0. The molecule has 0 spiro atoms. The van der Waals surface area contributed by atoms with Crippen LogP contribution < -0.4 is 5.56 Å². The van der Waals surface area contributed by atoms with Gasteiger partial charge in [0, 0.05) is 13.1 Å². The van der Waals surface area contributed by atoms with Gasteiger partial charge in [0.05, 0.1) is 11.8 Å². The van der Waals surface area contributed by atoms with Crippen molar-refractivity contribution in [2.75, 3.05) is 20.1 Å². The van der Waals surface area contributed by atoms with Crippen molar-refractivity contribution < 1.29 is 4.39 Å². The van der Waals surface area contributed by atoms with E-state index in [9.17, 15) is 9.18 Å². The topological polar surface area (TPSA) is 38.1 Å². The fourth-order valence-corrected chi connectivity index (χ4v) is 3.08. The lowest BCUT2D eigenvalue weighted by molar-refractivity contribution is 0.265. The van der Waals surface area contributed by atoms with Crippen LogP contribution in [0.3, 0.4) is 0 Å². The standard InChI is InChI=1S/C15H18FN3O/c1-15(6-7-18(2)8-15)9-19-10-17-12-5-3-4-11(16)13(12)14(19)20/h3-5,10H,6-9H2,1-2H3/t15-/m0/s1. The van der Waals surface area contributed by atoms with Crippen LogP contribution in [0.4, 0.5) is 4.39 Å². The monoisotopic (exact) mass is 275 g/mol. The lowest BCUT2D eigenvalue weighted by Gasteiger charge is -2.24. The van der Waals surface area contributed by atoms with E-state index in [1.807, 2.05) is 0 Å². The van der Waals surface area contributed by atoms with Gasteiger partial charge in [-0.25, -0.2) is 9.37 Å². The Morgan fingerprint density at radius 3 is 2.95 bits per heavy atom. The van der Waals surface area contributed by atoms with Crippen molar-refractivity contribution in [3.63, 3.8) is 0 Å². The van der Waals surface area contributed by atoms with Gasteiger partial charge in [0.25, 0.3) is 5.56 Å². The van der Waals surface area contributed by atoms with Crippen molar-refractivity contribution in [1.29, 1.82) is 0 Å². The van der Waals surface area contributed by atoms with Crippen molar-refractivity contribution in [2.24, 2.45) is 5.41 Å². The van der Waals surface area contributed by atoms with Gasteiger partial charge in [-0.1, -0.05) is 13.0 Å². The number of fused-ring (bicyclic) bond motifs is 1. The van der Waals surface area contributed by atoms with Gasteiger partial charge in [0.1, 0.15) is 11.2 Å². The molecule has 0 bridgehead atoms. The van der Waals surface area contributed by atoms with E-state index in [0.717, 1.165) is 19.5 Å². The van der Waals surface area contributed by atoms with Crippen LogP contribution in [-0.2, 0) is 6.54 Å². The predicted molar refractivity (Wildman–Crippen MR) is 76.2 cm³/mol. The molecule has 1 aromatic heterocycles. The molecule has 0 saturated carbocycles. The van der Waals surface area contributed by atoms with E-state index in [1.54, 1.807) is 16.7 Å². The molecule has 5 heteroatoms. The number of likely N-dealkylation sites (tertiary alicyclic amines) is 1. The number of hydrogen-bond donors (Lipinski definition) is 0. The lowest BCUT2D eigenvalue weighted by atomic mass is 9.90. The van der Waals surface area contributed by atoms with E-state index < -0.39 is 5.82 Å². The van der Waals surface area contributed by atoms with Gasteiger partial charge in [0.2, 0.25) is 0 Å². The molecule has 4 nitrogen and oxygen atoms in total. The molecule has 20 heavy (non-hydrogen) atoms. The zero-order valence-corrected chi connectivity index (χ0v) is 11.8. The molecule has 0 N–H and O–H groups in total. The van der Waals surface area contributed by atoms with Crippen LogP contribution in [0.1, 0.15) is 13.3 Å². The first kappa shape index (κ1) is 13.2. The normalized spacial score (nSPS) is 23.6. The Kier molecular flexibility index (Phi) is 3.09. The fourth-order valence-electron chi connectivity index (χ4n) is 3.08. The SMILES string of the molecule is CN1CC[C@](C)(Cn2cnc3cccc(F)c3c2=O)C1. The Morgan fingerprint density at radius 1 is 1.45 bits per heavy atom. The van der Waals surface area contributed by atoms with Gasteiger partial charge in [-0.2, -0.15) is 0 Å². The summed E-state index contributed by atoms with van der Waals surface area (Å²) in [6.07, 6.45) is 2.57. The van der Waals surface area contributed by atoms with Crippen LogP contribution in [0.15, 0.2) is 29.3 Å². The third-order valence-electron chi connectivity index (χ3n) is 4.10. The molecule has 1 fully saturated rings. The van der Waals surface area contributed by atoms with E-state index in [0.29, 0.717) is 12.1 Å². The number of hydrogen-bond acceptors (Lipinski definition) is 3. The Hall–Kier alpha value is -1.75. The van der Waals surface area contributed by atoms with Crippen LogP contribution in [0.25, 0.3) is 10.9 Å². The number of rotatable bonds is 2. The Labute approximate surface area is 116 Å². The smallest absolute Gasteiger partial charge is 0.264 e. The summed E-state index contributed by atoms with van der Waals surface area (Å²) in [5.41, 5.74) is 0.169. The molecule has 106 valence electrons. The summed E-state index contributed by atoms with van der Waals surface area (Å²) in [7, 11) is 2.08. The van der Waals surface area contributed by atoms with E-state index in [2.05, 4.69) is 23.9 Å². The van der Waals surface area contributed by atoms with Crippen molar-refractivity contribution >= 4 is 10.9 Å². The minimum atomic E-state index is -0.497. The van der Waals surface area contributed by atoms with E-state index >= 15 is 0 Å². The highest BCUT2D eigenvalue weighted by molar-refractivity contribution is 5.77. The second-order valence-corrected chi connectivity index (χ2v) is 6.11. The third kappa shape index (κ3) is 2.22. The van der Waals surface area contributed by atoms with Crippen molar-refractivity contribution in [1.82, 2.24) is 14.5 Å². The summed E-state index contributed by atoms with van der Waals surface area (Å²) in [4.78, 5) is 18.9. The van der Waals surface area contributed by atoms with Gasteiger partial charge in [-0.3, -0.25) is 9.36 Å². The average Bonchev–Trinajstić information content (AvgIpc) is 2.73. The fraction of sp³-hybridized carbons (Fsp3) is 0.467. The van der Waals surface area contributed by atoms with E-state index in [1.165, 1.54) is 12.4 Å². The van der Waals surface area contributed by atoms with Gasteiger partial charge in [-0.15, -0.1) is 0 Å². The second-order valence-electron chi connectivity index (χ2n) is 6.11. The number of nitrogens with zero attached hydrogens (tertiary/aromatic N) is 3. The van der Waals surface area contributed by atoms with Crippen molar-refractivity contribution in [3.8, 4) is 0 Å². The number of aromatic nitrogens is 2. The first-order valence-electron chi connectivity index (χ1n) is 6.81. The molecule has 3 rings (SSSR count). The van der Waals surface area contributed by atoms with Crippen LogP contribution >= 0.6 is 0 Å². The molecule has 1 aromatic carbocycles. The zero-order valence-electron chi connectivity index (χ0n) is 11.8. The average molecular weight is 275 g/mol. The molecular formula is C15H18FN3O. The lowest BCUT2D eigenvalue weighted by Crippen LogP contribution is -2.32. The molecule has 0 unspecified atom stereocenters. The molecule has 1 aliphatic heterocycles. The first-order valence-corrected chi connectivity index (χ1v) is 6.81. The van der Waals surface area contributed by atoms with Gasteiger partial charge in [-0.05, 0) is 37.6 Å². The molecule has 0 amide bonds. The highest BCUT2D eigenvalue weighted by Crippen LogP contribution is 2.30. The highest BCUT2D eigenvalue weighted by atomic mass is 19.1. The van der Waals surface area contributed by atoms with Crippen LogP contribution in [0.2, 0.25) is 0 Å². The van der Waals surface area contributed by atoms with Crippen molar-refractivity contribution in [2.45, 2.75) is 19.9 Å². The first-order chi connectivity index (χ1) is 9.48. The minimum absolute atomic E-state index is 0.0409. The van der Waals surface area contributed by atoms with Crippen LogP contribution in [-0.4, -0.2) is 34.6 Å². The number of halogens is 1. The third-order valence-corrected chi connectivity index (χ3v) is 4.10. The maximum atomic E-state index is 13.8. The second kappa shape index (κ2) is 4.66. The Balaban J connectivity index is 2.03. The maximum absolute atomic E-state index is 13.8. The Bertz CT molecular complexity index is 712. The summed E-state index contributed by atoms with van der Waals surface area (Å²) in [6, 6.07) is 4.54. The quantitative estimate of drug-likeness (QED) is 0.840. The molecule has 0 radical (unpaired) electrons. The molecule has 2 aromatic rings. The summed E-state index contributed by atoms with van der Waals surface area (Å²) in [6.45, 7) is 4.71. The minimum Gasteiger partial charge on any atom is -0.306 e. The maximum Gasteiger partial charge on any atom is 0.264 e. The van der Waals surface area contributed by atoms with Crippen LogP contribution in [0, 0.1) is 11.2 Å². The van der Waals surface area contributed by atoms with E-state index in [4.69, 9.17) is 0 Å². The summed E-state index contributed by atoms with van der Waals surface area (Å²) in [5.74, 6) is -0.497. The molecule has 2 heterocycles. The number of benzene rings is 1. The molecule has 1 aliphatic rings. The molecule has 1 saturated heterocycles. The zero-order chi connectivity index (χ0) is 14.3. The van der Waals surface area contributed by atoms with Gasteiger partial charge in [0.15, 0.2) is 0 Å². The predicted octanol–water partition coefficient (Wildman–Crippen LogP) is 1.88. The van der Waals surface area contributed by atoms with Crippen LogP contribution in [0.5, 0.6) is 0 Å². The summed E-state index contributed by atoms with van der Waals surface area (Å²) < 4.78 is 15.4. The van der Waals surface area contributed by atoms with Crippen molar-refractivity contribution in [3.05, 3.63) is 40.7 Å². The van der Waals surface area contributed by atoms with Gasteiger partial charge < -0.3 is 4.90 Å². The molecule has 0 aliphatic carbocycles. The highest BCUT2D eigenvalue weighted by Gasteiger charge is 2.32.